The van der Waals surface area contributed by atoms with E-state index in [0.717, 1.165) is 18.4 Å². The zero-order valence-corrected chi connectivity index (χ0v) is 11.7. The number of ketones is 1. The van der Waals surface area contributed by atoms with Crippen LogP contribution >= 0.6 is 0 Å². The van der Waals surface area contributed by atoms with E-state index in [1.807, 2.05) is 0 Å². The van der Waals surface area contributed by atoms with E-state index in [2.05, 4.69) is 0 Å². The van der Waals surface area contributed by atoms with Gasteiger partial charge in [-0.05, 0) is 19.1 Å². The average Bonchev–Trinajstić information content (AvgIpc) is 2.44. The Morgan fingerprint density at radius 3 is 2.59 bits per heavy atom. The van der Waals surface area contributed by atoms with Crippen molar-refractivity contribution < 1.29 is 29.0 Å². The minimum absolute atomic E-state index is 0.0120. The Balaban J connectivity index is 2.91. The number of hydrogen-bond donors (Lipinski definition) is 2. The number of fused-ring (bicyclic) bond motifs is 1. The summed E-state index contributed by atoms with van der Waals surface area (Å²) in [6, 6.07) is 1.10. The van der Waals surface area contributed by atoms with Gasteiger partial charge in [0.2, 0.25) is 5.43 Å². The summed E-state index contributed by atoms with van der Waals surface area (Å²) in [5, 5.41) is 18.8. The first kappa shape index (κ1) is 15.3. The SMILES string of the molecule is COc1c(O)cc2occ(/C=C/C(C)=O)c(=O)c2c1C(=O)O. The van der Waals surface area contributed by atoms with Crippen LogP contribution in [0, 0.1) is 0 Å². The Labute approximate surface area is 124 Å². The summed E-state index contributed by atoms with van der Waals surface area (Å²) >= 11 is 0. The van der Waals surface area contributed by atoms with E-state index >= 15 is 0 Å². The van der Waals surface area contributed by atoms with E-state index in [-0.39, 0.29) is 28.1 Å². The van der Waals surface area contributed by atoms with Crippen molar-refractivity contribution in [3.05, 3.63) is 39.8 Å². The van der Waals surface area contributed by atoms with Gasteiger partial charge in [0.1, 0.15) is 17.4 Å². The molecular formula is C15H12O7. The molecule has 0 aliphatic carbocycles. The predicted molar refractivity (Wildman–Crippen MR) is 77.4 cm³/mol. The lowest BCUT2D eigenvalue weighted by Crippen LogP contribution is -2.12. The Bertz CT molecular complexity index is 858. The van der Waals surface area contributed by atoms with Gasteiger partial charge in [-0.15, -0.1) is 0 Å². The van der Waals surface area contributed by atoms with Crippen LogP contribution in [-0.4, -0.2) is 29.1 Å². The Kier molecular flexibility index (Phi) is 3.98. The third-order valence-electron chi connectivity index (χ3n) is 2.94. The molecule has 0 amide bonds. The van der Waals surface area contributed by atoms with Gasteiger partial charge in [-0.3, -0.25) is 9.59 Å². The smallest absolute Gasteiger partial charge is 0.340 e. The first-order valence-corrected chi connectivity index (χ1v) is 6.14. The second-order valence-electron chi connectivity index (χ2n) is 4.45. The highest BCUT2D eigenvalue weighted by Gasteiger charge is 2.23. The van der Waals surface area contributed by atoms with Crippen LogP contribution in [0.4, 0.5) is 0 Å². The van der Waals surface area contributed by atoms with Crippen LogP contribution in [-0.2, 0) is 4.79 Å². The van der Waals surface area contributed by atoms with Crippen LogP contribution in [0.25, 0.3) is 17.0 Å². The number of benzene rings is 1. The van der Waals surface area contributed by atoms with Crippen LogP contribution in [0.3, 0.4) is 0 Å². The molecule has 1 aromatic carbocycles. The van der Waals surface area contributed by atoms with Crippen LogP contribution < -0.4 is 10.2 Å². The normalized spacial score (nSPS) is 11.0. The fraction of sp³-hybridized carbons (Fsp3) is 0.133. The largest absolute Gasteiger partial charge is 0.504 e. The maximum Gasteiger partial charge on any atom is 0.340 e. The molecule has 0 spiro atoms. The van der Waals surface area contributed by atoms with Crippen LogP contribution in [0.5, 0.6) is 11.5 Å². The molecule has 0 fully saturated rings. The zero-order chi connectivity index (χ0) is 16.4. The molecule has 2 rings (SSSR count). The molecule has 1 aromatic heterocycles. The summed E-state index contributed by atoms with van der Waals surface area (Å²) < 4.78 is 10.0. The first-order valence-electron chi connectivity index (χ1n) is 6.14. The number of aromatic carboxylic acids is 1. The molecule has 2 N–H and O–H groups in total. The molecule has 1 heterocycles. The van der Waals surface area contributed by atoms with Crippen molar-refractivity contribution in [3.8, 4) is 11.5 Å². The van der Waals surface area contributed by atoms with Gasteiger partial charge in [-0.25, -0.2) is 4.79 Å². The summed E-state index contributed by atoms with van der Waals surface area (Å²) in [4.78, 5) is 34.8. The van der Waals surface area contributed by atoms with Gasteiger partial charge >= 0.3 is 5.97 Å². The number of allylic oxidation sites excluding steroid dienone is 1. The molecule has 0 aliphatic heterocycles. The lowest BCUT2D eigenvalue weighted by Gasteiger charge is -2.10. The van der Waals surface area contributed by atoms with Gasteiger partial charge in [0, 0.05) is 6.07 Å². The molecule has 7 heteroatoms. The molecule has 2 aromatic rings. The lowest BCUT2D eigenvalue weighted by atomic mass is 10.0. The summed E-state index contributed by atoms with van der Waals surface area (Å²) in [6.07, 6.45) is 3.48. The number of aromatic hydroxyl groups is 1. The van der Waals surface area contributed by atoms with Gasteiger partial charge in [-0.2, -0.15) is 0 Å². The second-order valence-corrected chi connectivity index (χ2v) is 4.45. The van der Waals surface area contributed by atoms with E-state index < -0.39 is 22.7 Å². The van der Waals surface area contributed by atoms with Crippen molar-refractivity contribution in [3.63, 3.8) is 0 Å². The topological polar surface area (TPSA) is 114 Å². The maximum atomic E-state index is 12.4. The quantitative estimate of drug-likeness (QED) is 0.828. The van der Waals surface area contributed by atoms with Gasteiger partial charge in [-0.1, -0.05) is 0 Å². The molecule has 0 radical (unpaired) electrons. The molecule has 22 heavy (non-hydrogen) atoms. The summed E-state index contributed by atoms with van der Waals surface area (Å²) in [5.74, 6) is -2.51. The molecule has 0 unspecified atom stereocenters. The monoisotopic (exact) mass is 304 g/mol. The van der Waals surface area contributed by atoms with Gasteiger partial charge in [0.05, 0.1) is 18.1 Å². The minimum atomic E-state index is -1.45. The van der Waals surface area contributed by atoms with Crippen molar-refractivity contribution >= 4 is 28.8 Å². The highest BCUT2D eigenvalue weighted by molar-refractivity contribution is 6.06. The number of rotatable bonds is 4. The van der Waals surface area contributed by atoms with Crippen molar-refractivity contribution in [1.82, 2.24) is 0 Å². The molecule has 114 valence electrons. The third kappa shape index (κ3) is 2.56. The summed E-state index contributed by atoms with van der Waals surface area (Å²) in [7, 11) is 1.18. The van der Waals surface area contributed by atoms with Crippen molar-refractivity contribution in [2.75, 3.05) is 7.11 Å². The number of phenols is 1. The van der Waals surface area contributed by atoms with Crippen molar-refractivity contribution in [1.29, 1.82) is 0 Å². The van der Waals surface area contributed by atoms with E-state index in [9.17, 15) is 24.6 Å². The number of phenolic OH excluding ortho intramolecular Hbond substituents is 1. The lowest BCUT2D eigenvalue weighted by molar-refractivity contribution is -0.112. The second kappa shape index (κ2) is 5.72. The average molecular weight is 304 g/mol. The van der Waals surface area contributed by atoms with Crippen molar-refractivity contribution in [2.24, 2.45) is 0 Å². The number of carboxylic acid groups (broad SMARTS) is 1. The number of carbonyl (C=O) groups is 2. The molecule has 0 atom stereocenters. The maximum absolute atomic E-state index is 12.4. The van der Waals surface area contributed by atoms with E-state index in [1.165, 1.54) is 20.1 Å². The van der Waals surface area contributed by atoms with Gasteiger partial charge < -0.3 is 19.4 Å². The van der Waals surface area contributed by atoms with Gasteiger partial charge in [0.15, 0.2) is 17.3 Å². The summed E-state index contributed by atoms with van der Waals surface area (Å²) in [5.41, 5.74) is -1.22. The third-order valence-corrected chi connectivity index (χ3v) is 2.94. The molecule has 0 saturated carbocycles. The van der Waals surface area contributed by atoms with Gasteiger partial charge in [0.25, 0.3) is 0 Å². The highest BCUT2D eigenvalue weighted by atomic mass is 16.5. The number of ether oxygens (including phenoxy) is 1. The molecule has 0 saturated heterocycles. The number of carboxylic acids is 1. The van der Waals surface area contributed by atoms with E-state index in [0.29, 0.717) is 0 Å². The predicted octanol–water partition coefficient (Wildman–Crippen LogP) is 1.81. The molecule has 7 nitrogen and oxygen atoms in total. The van der Waals surface area contributed by atoms with Crippen LogP contribution in [0.15, 0.2) is 27.6 Å². The molecule has 0 aliphatic rings. The first-order chi connectivity index (χ1) is 10.4. The minimum Gasteiger partial charge on any atom is -0.504 e. The number of carbonyl (C=O) groups excluding carboxylic acids is 1. The Morgan fingerprint density at radius 2 is 2.05 bits per heavy atom. The summed E-state index contributed by atoms with van der Waals surface area (Å²) in [6.45, 7) is 1.31. The van der Waals surface area contributed by atoms with Crippen LogP contribution in [0.1, 0.15) is 22.8 Å². The van der Waals surface area contributed by atoms with E-state index in [1.54, 1.807) is 0 Å². The zero-order valence-electron chi connectivity index (χ0n) is 11.7. The Morgan fingerprint density at radius 1 is 1.36 bits per heavy atom. The standard InChI is InChI=1S/C15H12O7/c1-7(16)3-4-8-6-22-10-5-9(17)14(21-2)12(15(19)20)11(10)13(8)18/h3-6,17H,1-2H3,(H,19,20)/b4-3+. The van der Waals surface area contributed by atoms with Crippen molar-refractivity contribution in [2.45, 2.75) is 6.92 Å². The fourth-order valence-electron chi connectivity index (χ4n) is 2.00. The van der Waals surface area contributed by atoms with E-state index in [4.69, 9.17) is 9.15 Å². The number of methoxy groups -OCH3 is 1. The highest BCUT2D eigenvalue weighted by Crippen LogP contribution is 2.35. The number of hydrogen-bond acceptors (Lipinski definition) is 6. The molecule has 0 bridgehead atoms. The Hall–Kier alpha value is -3.09. The fourth-order valence-corrected chi connectivity index (χ4v) is 2.00. The molecular weight excluding hydrogens is 292 g/mol. The van der Waals surface area contributed by atoms with Crippen LogP contribution in [0.2, 0.25) is 0 Å².